The zero-order valence-electron chi connectivity index (χ0n) is 12.8. The summed E-state index contributed by atoms with van der Waals surface area (Å²) in [5.74, 6) is 0.886. The molecule has 0 unspecified atom stereocenters. The van der Waals surface area contributed by atoms with Gasteiger partial charge in [0, 0.05) is 29.1 Å². The van der Waals surface area contributed by atoms with E-state index in [1.807, 2.05) is 42.5 Å². The fraction of sp³-hybridized carbons (Fsp3) is 0.176. The summed E-state index contributed by atoms with van der Waals surface area (Å²) in [5, 5.41) is 6.76. The first kappa shape index (κ1) is 16.3. The number of aryl methyl sites for hydroxylation is 1. The molecule has 0 aliphatic heterocycles. The topological polar surface area (TPSA) is 80.9 Å². The summed E-state index contributed by atoms with van der Waals surface area (Å²) in [6.07, 6.45) is 2.38. The Bertz CT molecular complexity index is 803. The van der Waals surface area contributed by atoms with E-state index in [9.17, 15) is 4.79 Å². The number of aromatic nitrogens is 3. The first-order chi connectivity index (χ1) is 11.7. The molecule has 24 heavy (non-hydrogen) atoms. The molecule has 122 valence electrons. The Labute approximate surface area is 147 Å². The van der Waals surface area contributed by atoms with Crippen molar-refractivity contribution in [2.24, 2.45) is 0 Å². The Hall–Kier alpha value is -2.54. The number of rotatable bonds is 6. The molecular weight excluding hydrogens is 372 g/mol. The van der Waals surface area contributed by atoms with E-state index in [0.717, 1.165) is 15.7 Å². The molecule has 1 N–H and O–H groups in total. The smallest absolute Gasteiger partial charge is 0.227 e. The molecular formula is C17H15BrN4O2. The molecule has 6 nitrogen and oxygen atoms in total. The lowest BCUT2D eigenvalue weighted by Crippen LogP contribution is -2.23. The zero-order valence-corrected chi connectivity index (χ0v) is 14.4. The third kappa shape index (κ3) is 4.48. The van der Waals surface area contributed by atoms with Crippen molar-refractivity contribution < 1.29 is 9.32 Å². The number of nitrogens with one attached hydrogen (secondary N) is 1. The molecule has 1 aromatic carbocycles. The molecule has 0 aliphatic carbocycles. The van der Waals surface area contributed by atoms with Crippen LogP contribution in [0.4, 0.5) is 0 Å². The van der Waals surface area contributed by atoms with Gasteiger partial charge >= 0.3 is 0 Å². The van der Waals surface area contributed by atoms with Gasteiger partial charge in [0.15, 0.2) is 0 Å². The van der Waals surface area contributed by atoms with Crippen molar-refractivity contribution in [3.8, 4) is 11.4 Å². The molecule has 1 amide bonds. The molecule has 3 aromatic rings. The number of pyridine rings is 1. The second-order valence-electron chi connectivity index (χ2n) is 5.12. The van der Waals surface area contributed by atoms with Crippen LogP contribution in [0.15, 0.2) is 57.7 Å². The summed E-state index contributed by atoms with van der Waals surface area (Å²) in [6.45, 7) is 0.410. The molecule has 0 saturated heterocycles. The van der Waals surface area contributed by atoms with Crippen LogP contribution in [0.25, 0.3) is 11.4 Å². The van der Waals surface area contributed by atoms with E-state index in [0.29, 0.717) is 24.7 Å². The molecule has 0 radical (unpaired) electrons. The van der Waals surface area contributed by atoms with Crippen LogP contribution in [0.2, 0.25) is 0 Å². The second kappa shape index (κ2) is 7.83. The highest BCUT2D eigenvalue weighted by Gasteiger charge is 2.10. The van der Waals surface area contributed by atoms with E-state index < -0.39 is 0 Å². The summed E-state index contributed by atoms with van der Waals surface area (Å²) in [5.41, 5.74) is 1.69. The maximum absolute atomic E-state index is 11.9. The van der Waals surface area contributed by atoms with E-state index in [1.54, 1.807) is 6.20 Å². The standard InChI is InChI=1S/C17H15BrN4O2/c18-13-6-4-12(5-7-13)17-21-16(24-22-17)9-8-15(23)20-11-14-3-1-2-10-19-14/h1-7,10H,8-9,11H2,(H,20,23). The van der Waals surface area contributed by atoms with Crippen LogP contribution in [0.5, 0.6) is 0 Å². The quantitative estimate of drug-likeness (QED) is 0.703. The largest absolute Gasteiger partial charge is 0.350 e. The average Bonchev–Trinajstić information content (AvgIpc) is 3.09. The Balaban J connectivity index is 1.50. The normalized spacial score (nSPS) is 10.5. The Morgan fingerprint density at radius 3 is 2.75 bits per heavy atom. The van der Waals surface area contributed by atoms with Crippen molar-refractivity contribution in [2.75, 3.05) is 0 Å². The highest BCUT2D eigenvalue weighted by Crippen LogP contribution is 2.19. The highest BCUT2D eigenvalue weighted by atomic mass is 79.9. The molecule has 7 heteroatoms. The summed E-state index contributed by atoms with van der Waals surface area (Å²) in [6, 6.07) is 13.2. The van der Waals surface area contributed by atoms with Gasteiger partial charge in [0.2, 0.25) is 17.6 Å². The lowest BCUT2D eigenvalue weighted by atomic mass is 10.2. The van der Waals surface area contributed by atoms with Crippen molar-refractivity contribution in [2.45, 2.75) is 19.4 Å². The van der Waals surface area contributed by atoms with Crippen molar-refractivity contribution in [1.29, 1.82) is 0 Å². The molecule has 0 fully saturated rings. The number of hydrogen-bond donors (Lipinski definition) is 1. The lowest BCUT2D eigenvalue weighted by Gasteiger charge is -2.03. The minimum Gasteiger partial charge on any atom is -0.350 e. The number of amides is 1. The number of carbonyl (C=O) groups excluding carboxylic acids is 1. The fourth-order valence-electron chi connectivity index (χ4n) is 2.07. The van der Waals surface area contributed by atoms with Gasteiger partial charge < -0.3 is 9.84 Å². The summed E-state index contributed by atoms with van der Waals surface area (Å²) >= 11 is 3.38. The number of nitrogens with zero attached hydrogens (tertiary/aromatic N) is 3. The van der Waals surface area contributed by atoms with Gasteiger partial charge in [-0.05, 0) is 36.4 Å². The van der Waals surface area contributed by atoms with Crippen molar-refractivity contribution in [3.05, 3.63) is 64.7 Å². The zero-order chi connectivity index (χ0) is 16.8. The third-order valence-corrected chi connectivity index (χ3v) is 3.86. The molecule has 2 heterocycles. The minimum absolute atomic E-state index is 0.0796. The predicted molar refractivity (Wildman–Crippen MR) is 91.8 cm³/mol. The van der Waals surface area contributed by atoms with Gasteiger partial charge in [-0.25, -0.2) is 0 Å². The fourth-order valence-corrected chi connectivity index (χ4v) is 2.34. The second-order valence-corrected chi connectivity index (χ2v) is 6.03. The van der Waals surface area contributed by atoms with Gasteiger partial charge in [0.1, 0.15) is 0 Å². The molecule has 0 spiro atoms. The van der Waals surface area contributed by atoms with Crippen LogP contribution < -0.4 is 5.32 Å². The van der Waals surface area contributed by atoms with Gasteiger partial charge in [0.25, 0.3) is 0 Å². The van der Waals surface area contributed by atoms with Crippen LogP contribution in [0.1, 0.15) is 18.0 Å². The van der Waals surface area contributed by atoms with Gasteiger partial charge in [-0.15, -0.1) is 0 Å². The lowest BCUT2D eigenvalue weighted by molar-refractivity contribution is -0.121. The number of hydrogen-bond acceptors (Lipinski definition) is 5. The van der Waals surface area contributed by atoms with Gasteiger partial charge in [-0.1, -0.05) is 27.2 Å². The van der Waals surface area contributed by atoms with E-state index in [-0.39, 0.29) is 12.3 Å². The maximum Gasteiger partial charge on any atom is 0.227 e. The van der Waals surface area contributed by atoms with E-state index in [4.69, 9.17) is 4.52 Å². The molecule has 2 aromatic heterocycles. The first-order valence-electron chi connectivity index (χ1n) is 7.46. The summed E-state index contributed by atoms with van der Waals surface area (Å²) in [7, 11) is 0. The highest BCUT2D eigenvalue weighted by molar-refractivity contribution is 9.10. The molecule has 0 atom stereocenters. The number of benzene rings is 1. The number of halogens is 1. The van der Waals surface area contributed by atoms with Gasteiger partial charge in [0.05, 0.1) is 12.2 Å². The Morgan fingerprint density at radius 2 is 2.00 bits per heavy atom. The van der Waals surface area contributed by atoms with Crippen LogP contribution >= 0.6 is 15.9 Å². The van der Waals surface area contributed by atoms with Crippen molar-refractivity contribution in [1.82, 2.24) is 20.4 Å². The average molecular weight is 387 g/mol. The molecule has 0 aliphatic rings. The summed E-state index contributed by atoms with van der Waals surface area (Å²) < 4.78 is 6.18. The van der Waals surface area contributed by atoms with Gasteiger partial charge in [-0.3, -0.25) is 9.78 Å². The molecule has 3 rings (SSSR count). The predicted octanol–water partition coefficient (Wildman–Crippen LogP) is 3.14. The Kier molecular flexibility index (Phi) is 5.32. The van der Waals surface area contributed by atoms with Crippen LogP contribution in [0.3, 0.4) is 0 Å². The van der Waals surface area contributed by atoms with E-state index in [2.05, 4.69) is 36.4 Å². The van der Waals surface area contributed by atoms with Gasteiger partial charge in [-0.2, -0.15) is 4.98 Å². The minimum atomic E-state index is -0.0796. The van der Waals surface area contributed by atoms with Crippen LogP contribution in [-0.2, 0) is 17.8 Å². The van der Waals surface area contributed by atoms with E-state index >= 15 is 0 Å². The third-order valence-electron chi connectivity index (χ3n) is 3.33. The molecule has 0 saturated carbocycles. The maximum atomic E-state index is 11.9. The van der Waals surface area contributed by atoms with Crippen molar-refractivity contribution in [3.63, 3.8) is 0 Å². The van der Waals surface area contributed by atoms with Crippen molar-refractivity contribution >= 4 is 21.8 Å². The number of carbonyl (C=O) groups is 1. The SMILES string of the molecule is O=C(CCc1nc(-c2ccc(Br)cc2)no1)NCc1ccccn1. The van der Waals surface area contributed by atoms with Crippen LogP contribution in [0, 0.1) is 0 Å². The van der Waals surface area contributed by atoms with E-state index in [1.165, 1.54) is 0 Å². The Morgan fingerprint density at radius 1 is 1.17 bits per heavy atom. The monoisotopic (exact) mass is 386 g/mol. The summed E-state index contributed by atoms with van der Waals surface area (Å²) in [4.78, 5) is 20.3. The van der Waals surface area contributed by atoms with Crippen LogP contribution in [-0.4, -0.2) is 21.0 Å². The molecule has 0 bridgehead atoms. The first-order valence-corrected chi connectivity index (χ1v) is 8.25.